The van der Waals surface area contributed by atoms with E-state index in [1.807, 2.05) is 24.3 Å². The van der Waals surface area contributed by atoms with Crippen molar-refractivity contribution < 1.29 is 19.1 Å². The maximum Gasteiger partial charge on any atom is 0.337 e. The number of nitrogens with zero attached hydrogens (tertiary/aromatic N) is 1. The molecule has 2 heterocycles. The monoisotopic (exact) mass is 428 g/mol. The second-order valence-electron chi connectivity index (χ2n) is 6.53. The van der Waals surface area contributed by atoms with Crippen LogP contribution in [0.4, 0.5) is 0 Å². The van der Waals surface area contributed by atoms with Crippen LogP contribution in [0.25, 0.3) is 11.1 Å². The lowest BCUT2D eigenvalue weighted by atomic mass is 9.99. The van der Waals surface area contributed by atoms with E-state index in [4.69, 9.17) is 21.1 Å². The molecule has 8 heteroatoms. The van der Waals surface area contributed by atoms with Crippen LogP contribution in [0.15, 0.2) is 48.1 Å². The van der Waals surface area contributed by atoms with Crippen LogP contribution in [0.5, 0.6) is 5.75 Å². The maximum atomic E-state index is 12.1. The molecule has 1 aliphatic heterocycles. The van der Waals surface area contributed by atoms with Gasteiger partial charge < -0.3 is 14.8 Å². The normalized spacial score (nSPS) is 14.8. The van der Waals surface area contributed by atoms with Gasteiger partial charge in [0.2, 0.25) is 0 Å². The van der Waals surface area contributed by atoms with Crippen molar-refractivity contribution in [3.05, 3.63) is 69.1 Å². The molecule has 0 fully saturated rings. The SMILES string of the molecule is COC(=O)c1ccc(-c2cc(Cl)cc3c2OC(CNC(=O)c2cncs2)C3)cc1. The molecule has 1 aliphatic rings. The molecule has 1 amide bonds. The standard InChI is InChI=1S/C21H17ClN2O4S/c1-27-21(26)13-4-2-12(3-5-13)17-8-15(22)6-14-7-16(28-19(14)17)9-24-20(25)18-10-23-11-29-18/h2-6,8,10-11,16H,7,9H2,1H3,(H,24,25). The van der Waals surface area contributed by atoms with E-state index in [1.54, 1.807) is 23.8 Å². The van der Waals surface area contributed by atoms with Crippen LogP contribution < -0.4 is 10.1 Å². The fourth-order valence-electron chi connectivity index (χ4n) is 3.25. The smallest absolute Gasteiger partial charge is 0.337 e. The van der Waals surface area contributed by atoms with E-state index in [1.165, 1.54) is 18.4 Å². The predicted molar refractivity (Wildman–Crippen MR) is 111 cm³/mol. The Kier molecular flexibility index (Phi) is 5.51. The van der Waals surface area contributed by atoms with Gasteiger partial charge in [-0.05, 0) is 29.8 Å². The van der Waals surface area contributed by atoms with E-state index in [9.17, 15) is 9.59 Å². The second-order valence-corrected chi connectivity index (χ2v) is 7.85. The number of amides is 1. The molecular formula is C21H17ClN2O4S. The van der Waals surface area contributed by atoms with Crippen LogP contribution >= 0.6 is 22.9 Å². The van der Waals surface area contributed by atoms with Gasteiger partial charge in [0.05, 0.1) is 30.9 Å². The molecule has 0 saturated heterocycles. The number of rotatable bonds is 5. The Labute approximate surface area is 176 Å². The lowest BCUT2D eigenvalue weighted by Gasteiger charge is -2.14. The summed E-state index contributed by atoms with van der Waals surface area (Å²) in [7, 11) is 1.35. The molecule has 3 aromatic rings. The van der Waals surface area contributed by atoms with Crippen molar-refractivity contribution in [2.45, 2.75) is 12.5 Å². The Hall–Kier alpha value is -2.90. The molecule has 1 N–H and O–H groups in total. The topological polar surface area (TPSA) is 77.5 Å². The minimum atomic E-state index is -0.388. The van der Waals surface area contributed by atoms with Crippen LogP contribution in [-0.4, -0.2) is 36.6 Å². The summed E-state index contributed by atoms with van der Waals surface area (Å²) >= 11 is 7.61. The van der Waals surface area contributed by atoms with Crippen molar-refractivity contribution in [3.63, 3.8) is 0 Å². The van der Waals surface area contributed by atoms with Crippen molar-refractivity contribution >= 4 is 34.8 Å². The minimum absolute atomic E-state index is 0.163. The van der Waals surface area contributed by atoms with Crippen molar-refractivity contribution in [2.75, 3.05) is 13.7 Å². The van der Waals surface area contributed by atoms with Gasteiger partial charge in [-0.25, -0.2) is 4.79 Å². The van der Waals surface area contributed by atoms with E-state index in [0.29, 0.717) is 28.4 Å². The summed E-state index contributed by atoms with van der Waals surface area (Å²) < 4.78 is 10.9. The highest BCUT2D eigenvalue weighted by molar-refractivity contribution is 7.11. The Morgan fingerprint density at radius 1 is 1.31 bits per heavy atom. The van der Waals surface area contributed by atoms with E-state index in [2.05, 4.69) is 10.3 Å². The Morgan fingerprint density at radius 3 is 2.79 bits per heavy atom. The maximum absolute atomic E-state index is 12.1. The van der Waals surface area contributed by atoms with E-state index in [0.717, 1.165) is 22.4 Å². The fraction of sp³-hybridized carbons (Fsp3) is 0.190. The molecule has 0 radical (unpaired) electrons. The molecule has 29 heavy (non-hydrogen) atoms. The van der Waals surface area contributed by atoms with E-state index >= 15 is 0 Å². The predicted octanol–water partition coefficient (Wildman–Crippen LogP) is 3.98. The van der Waals surface area contributed by atoms with Gasteiger partial charge in [0, 0.05) is 22.6 Å². The molecule has 0 bridgehead atoms. The zero-order valence-corrected chi connectivity index (χ0v) is 17.0. The lowest BCUT2D eigenvalue weighted by Crippen LogP contribution is -2.34. The number of benzene rings is 2. The number of carbonyl (C=O) groups is 2. The molecule has 148 valence electrons. The quantitative estimate of drug-likeness (QED) is 0.622. The lowest BCUT2D eigenvalue weighted by molar-refractivity contribution is 0.0600. The van der Waals surface area contributed by atoms with Crippen LogP contribution in [0.1, 0.15) is 25.6 Å². The number of esters is 1. The first-order valence-electron chi connectivity index (χ1n) is 8.89. The largest absolute Gasteiger partial charge is 0.487 e. The van der Waals surface area contributed by atoms with E-state index < -0.39 is 0 Å². The van der Waals surface area contributed by atoms with Crippen LogP contribution in [0, 0.1) is 0 Å². The number of hydrogen-bond acceptors (Lipinski definition) is 6. The number of fused-ring (bicyclic) bond motifs is 1. The molecule has 1 unspecified atom stereocenters. The summed E-state index contributed by atoms with van der Waals surface area (Å²) in [5, 5.41) is 3.49. The highest BCUT2D eigenvalue weighted by atomic mass is 35.5. The van der Waals surface area contributed by atoms with Gasteiger partial charge in [-0.3, -0.25) is 9.78 Å². The number of methoxy groups -OCH3 is 1. The molecule has 1 aromatic heterocycles. The third-order valence-corrected chi connectivity index (χ3v) is 5.62. The number of carbonyl (C=O) groups excluding carboxylic acids is 2. The zero-order chi connectivity index (χ0) is 20.4. The van der Waals surface area contributed by atoms with Crippen molar-refractivity contribution in [3.8, 4) is 16.9 Å². The molecule has 4 rings (SSSR count). The molecule has 2 aromatic carbocycles. The molecule has 0 spiro atoms. The first-order chi connectivity index (χ1) is 14.0. The summed E-state index contributed by atoms with van der Waals surface area (Å²) in [6.07, 6.45) is 2.00. The number of aromatic nitrogens is 1. The van der Waals surface area contributed by atoms with Gasteiger partial charge in [0.15, 0.2) is 0 Å². The first kappa shape index (κ1) is 19.4. The third-order valence-electron chi connectivity index (χ3n) is 4.63. The minimum Gasteiger partial charge on any atom is -0.487 e. The highest BCUT2D eigenvalue weighted by Crippen LogP contribution is 2.41. The summed E-state index contributed by atoms with van der Waals surface area (Å²) in [6.45, 7) is 0.379. The van der Waals surface area contributed by atoms with Crippen molar-refractivity contribution in [2.24, 2.45) is 0 Å². The Bertz CT molecular complexity index is 1050. The van der Waals surface area contributed by atoms with Gasteiger partial charge in [0.1, 0.15) is 16.7 Å². The van der Waals surface area contributed by atoms with Gasteiger partial charge in [-0.15, -0.1) is 11.3 Å². The Morgan fingerprint density at radius 2 is 2.10 bits per heavy atom. The molecular weight excluding hydrogens is 412 g/mol. The molecule has 6 nitrogen and oxygen atoms in total. The zero-order valence-electron chi connectivity index (χ0n) is 15.5. The third kappa shape index (κ3) is 4.11. The summed E-state index contributed by atoms with van der Waals surface area (Å²) in [5.41, 5.74) is 4.81. The summed E-state index contributed by atoms with van der Waals surface area (Å²) in [6, 6.07) is 10.8. The molecule has 1 atom stereocenters. The number of nitrogens with one attached hydrogen (secondary N) is 1. The average molecular weight is 429 g/mol. The highest BCUT2D eigenvalue weighted by Gasteiger charge is 2.27. The van der Waals surface area contributed by atoms with Crippen LogP contribution in [-0.2, 0) is 11.2 Å². The summed E-state index contributed by atoms with van der Waals surface area (Å²) in [4.78, 5) is 28.3. The van der Waals surface area contributed by atoms with Crippen LogP contribution in [0.3, 0.4) is 0 Å². The number of hydrogen-bond donors (Lipinski definition) is 1. The molecule has 0 saturated carbocycles. The Balaban J connectivity index is 1.52. The van der Waals surface area contributed by atoms with E-state index in [-0.39, 0.29) is 18.0 Å². The first-order valence-corrected chi connectivity index (χ1v) is 10.2. The number of thiazole rings is 1. The number of ether oxygens (including phenoxy) is 2. The number of halogens is 1. The van der Waals surface area contributed by atoms with Gasteiger partial charge >= 0.3 is 5.97 Å². The van der Waals surface area contributed by atoms with Crippen molar-refractivity contribution in [1.82, 2.24) is 10.3 Å². The summed E-state index contributed by atoms with van der Waals surface area (Å²) in [5.74, 6) is 0.196. The molecule has 0 aliphatic carbocycles. The van der Waals surface area contributed by atoms with Gasteiger partial charge in [-0.2, -0.15) is 0 Å². The van der Waals surface area contributed by atoms with Gasteiger partial charge in [0.25, 0.3) is 5.91 Å². The fourth-order valence-corrected chi connectivity index (χ4v) is 4.03. The van der Waals surface area contributed by atoms with Gasteiger partial charge in [-0.1, -0.05) is 23.7 Å². The second kappa shape index (κ2) is 8.23. The average Bonchev–Trinajstić information content (AvgIpc) is 3.41. The van der Waals surface area contributed by atoms with Crippen LogP contribution in [0.2, 0.25) is 5.02 Å². The van der Waals surface area contributed by atoms with Crippen molar-refractivity contribution in [1.29, 1.82) is 0 Å².